The third kappa shape index (κ3) is 6.13. The fourth-order valence-corrected chi connectivity index (χ4v) is 1.67. The number of hydrogen-bond donors (Lipinski definition) is 1. The van der Waals surface area contributed by atoms with E-state index in [0.29, 0.717) is 18.1 Å². The van der Waals surface area contributed by atoms with Crippen molar-refractivity contribution >= 4 is 0 Å². The Morgan fingerprint density at radius 3 is 2.80 bits per heavy atom. The molecule has 3 heteroatoms. The molecule has 0 aromatic rings. The molecule has 2 atom stereocenters. The molecule has 0 spiro atoms. The molecule has 90 valence electrons. The van der Waals surface area contributed by atoms with Crippen molar-refractivity contribution in [3.63, 3.8) is 0 Å². The maximum absolute atomic E-state index is 5.79. The van der Waals surface area contributed by atoms with E-state index < -0.39 is 0 Å². The fraction of sp³-hybridized carbons (Fsp3) is 1.00. The third-order valence-electron chi connectivity index (χ3n) is 2.74. The highest BCUT2D eigenvalue weighted by atomic mass is 16.5. The van der Waals surface area contributed by atoms with Crippen LogP contribution in [0.2, 0.25) is 0 Å². The average molecular weight is 215 g/mol. The number of hydrogen-bond acceptors (Lipinski definition) is 3. The highest BCUT2D eigenvalue weighted by Crippen LogP contribution is 2.13. The van der Waals surface area contributed by atoms with Gasteiger partial charge in [-0.05, 0) is 26.3 Å². The molecule has 1 rings (SSSR count). The Hall–Kier alpha value is -0.120. The van der Waals surface area contributed by atoms with E-state index in [9.17, 15) is 0 Å². The second kappa shape index (κ2) is 7.20. The number of ether oxygens (including phenoxy) is 2. The summed E-state index contributed by atoms with van der Waals surface area (Å²) in [5, 5.41) is 3.40. The molecule has 1 fully saturated rings. The maximum atomic E-state index is 5.79. The van der Waals surface area contributed by atoms with E-state index in [2.05, 4.69) is 26.1 Å². The summed E-state index contributed by atoms with van der Waals surface area (Å²) in [6, 6.07) is 0.570. The molecule has 0 aromatic carbocycles. The summed E-state index contributed by atoms with van der Waals surface area (Å²) < 4.78 is 11.1. The third-order valence-corrected chi connectivity index (χ3v) is 2.74. The molecule has 1 heterocycles. The lowest BCUT2D eigenvalue weighted by Gasteiger charge is -2.16. The first-order valence-corrected chi connectivity index (χ1v) is 6.11. The monoisotopic (exact) mass is 215 g/mol. The molecule has 0 aliphatic carbocycles. The van der Waals surface area contributed by atoms with Gasteiger partial charge in [-0.2, -0.15) is 0 Å². The van der Waals surface area contributed by atoms with Gasteiger partial charge in [-0.3, -0.25) is 0 Å². The minimum Gasteiger partial charge on any atom is -0.381 e. The smallest absolute Gasteiger partial charge is 0.0559 e. The lowest BCUT2D eigenvalue weighted by atomic mass is 10.1. The molecule has 15 heavy (non-hydrogen) atoms. The molecule has 1 aliphatic rings. The first-order chi connectivity index (χ1) is 7.18. The zero-order chi connectivity index (χ0) is 11.1. The summed E-state index contributed by atoms with van der Waals surface area (Å²) in [5.74, 6) is 0.630. The molecule has 0 saturated carbocycles. The van der Waals surface area contributed by atoms with Crippen LogP contribution < -0.4 is 5.32 Å². The van der Waals surface area contributed by atoms with Crippen LogP contribution in [0.15, 0.2) is 0 Å². The van der Waals surface area contributed by atoms with E-state index in [1.807, 2.05) is 0 Å². The summed E-state index contributed by atoms with van der Waals surface area (Å²) in [4.78, 5) is 0. The quantitative estimate of drug-likeness (QED) is 0.702. The lowest BCUT2D eigenvalue weighted by Crippen LogP contribution is -2.27. The van der Waals surface area contributed by atoms with Crippen LogP contribution in [-0.2, 0) is 9.47 Å². The van der Waals surface area contributed by atoms with Crippen molar-refractivity contribution in [2.75, 3.05) is 26.4 Å². The normalized spacial score (nSPS) is 23.6. The highest BCUT2D eigenvalue weighted by molar-refractivity contribution is 4.64. The predicted octanol–water partition coefficient (Wildman–Crippen LogP) is 1.82. The second-order valence-electron chi connectivity index (χ2n) is 4.77. The molecule has 0 amide bonds. The summed E-state index contributed by atoms with van der Waals surface area (Å²) in [7, 11) is 0. The Labute approximate surface area is 93.5 Å². The Morgan fingerprint density at radius 2 is 2.20 bits per heavy atom. The van der Waals surface area contributed by atoms with Crippen LogP contribution in [-0.4, -0.2) is 38.5 Å². The van der Waals surface area contributed by atoms with Crippen molar-refractivity contribution < 1.29 is 9.47 Å². The Kier molecular flexibility index (Phi) is 6.22. The second-order valence-corrected chi connectivity index (χ2v) is 4.77. The Balaban J connectivity index is 1.95. The van der Waals surface area contributed by atoms with Gasteiger partial charge in [0.2, 0.25) is 0 Å². The molecule has 1 saturated heterocycles. The van der Waals surface area contributed by atoms with Crippen molar-refractivity contribution in [1.82, 2.24) is 5.32 Å². The lowest BCUT2D eigenvalue weighted by molar-refractivity contribution is 0.0322. The summed E-state index contributed by atoms with van der Waals surface area (Å²) >= 11 is 0. The average Bonchev–Trinajstić information content (AvgIpc) is 2.66. The van der Waals surface area contributed by atoms with E-state index in [1.54, 1.807) is 0 Å². The van der Waals surface area contributed by atoms with Crippen molar-refractivity contribution in [2.24, 2.45) is 5.92 Å². The zero-order valence-electron chi connectivity index (χ0n) is 10.3. The highest BCUT2D eigenvalue weighted by Gasteiger charge is 2.16. The minimum absolute atomic E-state index is 0.358. The topological polar surface area (TPSA) is 30.5 Å². The van der Waals surface area contributed by atoms with Gasteiger partial charge < -0.3 is 14.8 Å². The van der Waals surface area contributed by atoms with Crippen LogP contribution in [0.5, 0.6) is 0 Å². The first-order valence-electron chi connectivity index (χ1n) is 6.11. The Morgan fingerprint density at radius 1 is 1.40 bits per heavy atom. The molecular formula is C12H25NO2. The first kappa shape index (κ1) is 12.9. The van der Waals surface area contributed by atoms with Gasteiger partial charge in [0.05, 0.1) is 19.3 Å². The summed E-state index contributed by atoms with van der Waals surface area (Å²) in [6.07, 6.45) is 2.61. The fourth-order valence-electron chi connectivity index (χ4n) is 1.67. The van der Waals surface area contributed by atoms with Crippen molar-refractivity contribution in [1.29, 1.82) is 0 Å². The van der Waals surface area contributed by atoms with Gasteiger partial charge in [-0.25, -0.2) is 0 Å². The zero-order valence-corrected chi connectivity index (χ0v) is 10.3. The molecule has 0 aromatic heterocycles. The largest absolute Gasteiger partial charge is 0.381 e. The molecular weight excluding hydrogens is 190 g/mol. The van der Waals surface area contributed by atoms with Gasteiger partial charge in [0.15, 0.2) is 0 Å². The predicted molar refractivity (Wildman–Crippen MR) is 62.1 cm³/mol. The van der Waals surface area contributed by atoms with Gasteiger partial charge >= 0.3 is 0 Å². The van der Waals surface area contributed by atoms with Crippen molar-refractivity contribution in [3.05, 3.63) is 0 Å². The standard InChI is InChI=1S/C12H25NO2/c1-10(2)13-6-4-11(3)15-9-12-5-7-14-8-12/h10-13H,4-9H2,1-3H3. The van der Waals surface area contributed by atoms with E-state index in [0.717, 1.165) is 39.2 Å². The molecule has 2 unspecified atom stereocenters. The van der Waals surface area contributed by atoms with E-state index in [1.165, 1.54) is 0 Å². The van der Waals surface area contributed by atoms with Gasteiger partial charge in [-0.1, -0.05) is 13.8 Å². The van der Waals surface area contributed by atoms with Crippen molar-refractivity contribution in [2.45, 2.75) is 45.8 Å². The van der Waals surface area contributed by atoms with Crippen LogP contribution in [0.3, 0.4) is 0 Å². The minimum atomic E-state index is 0.358. The van der Waals surface area contributed by atoms with Crippen molar-refractivity contribution in [3.8, 4) is 0 Å². The molecule has 1 aliphatic heterocycles. The van der Waals surface area contributed by atoms with Gasteiger partial charge in [0.1, 0.15) is 0 Å². The summed E-state index contributed by atoms with van der Waals surface area (Å²) in [5.41, 5.74) is 0. The van der Waals surface area contributed by atoms with Gasteiger partial charge in [0.25, 0.3) is 0 Å². The molecule has 3 nitrogen and oxygen atoms in total. The SMILES string of the molecule is CC(C)NCCC(C)OCC1CCOC1. The van der Waals surface area contributed by atoms with E-state index in [-0.39, 0.29) is 0 Å². The van der Waals surface area contributed by atoms with E-state index in [4.69, 9.17) is 9.47 Å². The van der Waals surface area contributed by atoms with Crippen LogP contribution in [0.4, 0.5) is 0 Å². The van der Waals surface area contributed by atoms with Crippen LogP contribution in [0, 0.1) is 5.92 Å². The van der Waals surface area contributed by atoms with Gasteiger partial charge in [-0.15, -0.1) is 0 Å². The summed E-state index contributed by atoms with van der Waals surface area (Å²) in [6.45, 7) is 10.2. The van der Waals surface area contributed by atoms with Crippen LogP contribution >= 0.6 is 0 Å². The van der Waals surface area contributed by atoms with E-state index >= 15 is 0 Å². The van der Waals surface area contributed by atoms with Crippen LogP contribution in [0.25, 0.3) is 0 Å². The van der Waals surface area contributed by atoms with Gasteiger partial charge in [0, 0.05) is 18.6 Å². The number of rotatable bonds is 7. The molecule has 0 bridgehead atoms. The Bertz CT molecular complexity index is 156. The number of nitrogens with one attached hydrogen (secondary N) is 1. The van der Waals surface area contributed by atoms with Crippen LogP contribution in [0.1, 0.15) is 33.6 Å². The molecule has 0 radical (unpaired) electrons. The molecule has 1 N–H and O–H groups in total. The maximum Gasteiger partial charge on any atom is 0.0559 e.